The van der Waals surface area contributed by atoms with Crippen LogP contribution in [0.2, 0.25) is 0 Å². The molecule has 0 fully saturated rings. The predicted octanol–water partition coefficient (Wildman–Crippen LogP) is 2.48. The molecule has 0 spiro atoms. The van der Waals surface area contributed by atoms with E-state index < -0.39 is 0 Å². The molecule has 0 saturated heterocycles. The number of fused-ring (bicyclic) bond motifs is 1. The van der Waals surface area contributed by atoms with Crippen molar-refractivity contribution in [2.24, 2.45) is 0 Å². The lowest BCUT2D eigenvalue weighted by molar-refractivity contribution is 0.102. The highest BCUT2D eigenvalue weighted by Gasteiger charge is 2.28. The maximum absolute atomic E-state index is 13.1. The van der Waals surface area contributed by atoms with E-state index in [0.717, 1.165) is 29.8 Å². The van der Waals surface area contributed by atoms with Crippen molar-refractivity contribution in [3.05, 3.63) is 40.5 Å². The SMILES string of the molecule is COc1ccc(OC)c(NC(=O)c2c(-n3cnnn3)sc3c2CCC3)c1. The van der Waals surface area contributed by atoms with Crippen molar-refractivity contribution in [1.82, 2.24) is 20.2 Å². The maximum Gasteiger partial charge on any atom is 0.259 e. The number of nitrogens with one attached hydrogen (secondary N) is 1. The summed E-state index contributed by atoms with van der Waals surface area (Å²) in [5.41, 5.74) is 2.26. The van der Waals surface area contributed by atoms with Gasteiger partial charge in [0, 0.05) is 10.9 Å². The molecule has 0 aliphatic heterocycles. The van der Waals surface area contributed by atoms with E-state index in [4.69, 9.17) is 9.47 Å². The second-order valence-electron chi connectivity index (χ2n) is 5.81. The van der Waals surface area contributed by atoms with Gasteiger partial charge < -0.3 is 14.8 Å². The second kappa shape index (κ2) is 6.75. The Morgan fingerprint density at radius 1 is 1.27 bits per heavy atom. The van der Waals surface area contributed by atoms with Gasteiger partial charge >= 0.3 is 0 Å². The van der Waals surface area contributed by atoms with E-state index in [1.54, 1.807) is 48.4 Å². The van der Waals surface area contributed by atoms with Crippen LogP contribution in [0, 0.1) is 0 Å². The Hall–Kier alpha value is -2.94. The van der Waals surface area contributed by atoms with Crippen molar-refractivity contribution >= 4 is 22.9 Å². The summed E-state index contributed by atoms with van der Waals surface area (Å²) in [7, 11) is 3.14. The summed E-state index contributed by atoms with van der Waals surface area (Å²) in [6.07, 6.45) is 4.42. The number of hydrogen-bond acceptors (Lipinski definition) is 7. The Labute approximate surface area is 153 Å². The summed E-state index contributed by atoms with van der Waals surface area (Å²) in [6.45, 7) is 0. The maximum atomic E-state index is 13.1. The lowest BCUT2D eigenvalue weighted by atomic mass is 10.1. The fourth-order valence-electron chi connectivity index (χ4n) is 3.14. The summed E-state index contributed by atoms with van der Waals surface area (Å²) in [5, 5.41) is 15.0. The molecular weight excluding hydrogens is 354 g/mol. The van der Waals surface area contributed by atoms with Crippen LogP contribution in [-0.2, 0) is 12.8 Å². The van der Waals surface area contributed by atoms with Crippen molar-refractivity contribution in [1.29, 1.82) is 0 Å². The molecule has 1 amide bonds. The summed E-state index contributed by atoms with van der Waals surface area (Å²) in [6, 6.07) is 5.28. The van der Waals surface area contributed by atoms with Crippen LogP contribution in [0.15, 0.2) is 24.5 Å². The average molecular weight is 371 g/mol. The van der Waals surface area contributed by atoms with Gasteiger partial charge in [0.15, 0.2) is 0 Å². The van der Waals surface area contributed by atoms with Gasteiger partial charge in [0.05, 0.1) is 25.5 Å². The number of carbonyl (C=O) groups is 1. The van der Waals surface area contributed by atoms with Gasteiger partial charge in [0.25, 0.3) is 5.91 Å². The minimum Gasteiger partial charge on any atom is -0.497 e. The third-order valence-electron chi connectivity index (χ3n) is 4.34. The molecule has 26 heavy (non-hydrogen) atoms. The topological polar surface area (TPSA) is 91.2 Å². The largest absolute Gasteiger partial charge is 0.497 e. The Morgan fingerprint density at radius 3 is 2.88 bits per heavy atom. The smallest absolute Gasteiger partial charge is 0.259 e. The molecule has 4 rings (SSSR count). The van der Waals surface area contributed by atoms with E-state index in [1.165, 1.54) is 11.2 Å². The molecule has 2 aromatic heterocycles. The summed E-state index contributed by atoms with van der Waals surface area (Å²) < 4.78 is 12.1. The van der Waals surface area contributed by atoms with Gasteiger partial charge in [0.2, 0.25) is 0 Å². The standard InChI is InChI=1S/C17H17N5O3S/c1-24-10-6-7-13(25-2)12(8-10)19-16(23)15-11-4-3-5-14(11)26-17(15)22-9-18-20-21-22/h6-9H,3-5H2,1-2H3,(H,19,23). The lowest BCUT2D eigenvalue weighted by Crippen LogP contribution is -2.16. The molecule has 0 radical (unpaired) electrons. The van der Waals surface area contributed by atoms with Crippen molar-refractivity contribution in [3.8, 4) is 16.5 Å². The van der Waals surface area contributed by atoms with Gasteiger partial charge in [-0.2, -0.15) is 4.68 Å². The van der Waals surface area contributed by atoms with Crippen molar-refractivity contribution in [2.75, 3.05) is 19.5 Å². The number of aromatic nitrogens is 4. The van der Waals surface area contributed by atoms with E-state index in [0.29, 0.717) is 22.7 Å². The van der Waals surface area contributed by atoms with Crippen LogP contribution < -0.4 is 14.8 Å². The number of ether oxygens (including phenoxy) is 2. The predicted molar refractivity (Wildman–Crippen MR) is 96.6 cm³/mol. The minimum absolute atomic E-state index is 0.207. The molecule has 0 atom stereocenters. The zero-order chi connectivity index (χ0) is 18.1. The van der Waals surface area contributed by atoms with Crippen LogP contribution >= 0.6 is 11.3 Å². The van der Waals surface area contributed by atoms with E-state index in [9.17, 15) is 4.79 Å². The number of rotatable bonds is 5. The zero-order valence-corrected chi connectivity index (χ0v) is 15.2. The number of methoxy groups -OCH3 is 2. The first-order chi connectivity index (χ1) is 12.7. The molecule has 2 heterocycles. The average Bonchev–Trinajstić information content (AvgIpc) is 3.37. The second-order valence-corrected chi connectivity index (χ2v) is 6.90. The Bertz CT molecular complexity index is 952. The number of hydrogen-bond donors (Lipinski definition) is 1. The van der Waals surface area contributed by atoms with E-state index in [1.807, 2.05) is 0 Å². The number of anilines is 1. The fourth-order valence-corrected chi connectivity index (χ4v) is 4.44. The Balaban J connectivity index is 1.74. The highest BCUT2D eigenvalue weighted by atomic mass is 32.1. The van der Waals surface area contributed by atoms with Crippen LogP contribution in [0.3, 0.4) is 0 Å². The number of tetrazole rings is 1. The zero-order valence-electron chi connectivity index (χ0n) is 14.4. The van der Waals surface area contributed by atoms with E-state index in [-0.39, 0.29) is 5.91 Å². The van der Waals surface area contributed by atoms with E-state index >= 15 is 0 Å². The van der Waals surface area contributed by atoms with Crippen LogP contribution in [-0.4, -0.2) is 40.3 Å². The van der Waals surface area contributed by atoms with E-state index in [2.05, 4.69) is 20.8 Å². The molecule has 134 valence electrons. The fraction of sp³-hybridized carbons (Fsp3) is 0.294. The van der Waals surface area contributed by atoms with Crippen LogP contribution in [0.5, 0.6) is 11.5 Å². The number of aryl methyl sites for hydroxylation is 1. The number of nitrogens with zero attached hydrogens (tertiary/aromatic N) is 4. The highest BCUT2D eigenvalue weighted by molar-refractivity contribution is 7.15. The molecule has 1 N–H and O–H groups in total. The highest BCUT2D eigenvalue weighted by Crippen LogP contribution is 2.38. The van der Waals surface area contributed by atoms with Crippen molar-refractivity contribution in [2.45, 2.75) is 19.3 Å². The molecule has 0 bridgehead atoms. The number of carbonyl (C=O) groups excluding carboxylic acids is 1. The normalized spacial score (nSPS) is 12.7. The van der Waals surface area contributed by atoms with Crippen LogP contribution in [0.25, 0.3) is 5.00 Å². The van der Waals surface area contributed by atoms with Gasteiger partial charge in [-0.05, 0) is 47.4 Å². The van der Waals surface area contributed by atoms with Crippen LogP contribution in [0.4, 0.5) is 5.69 Å². The number of thiophene rings is 1. The van der Waals surface area contributed by atoms with Gasteiger partial charge in [0.1, 0.15) is 22.8 Å². The first kappa shape index (κ1) is 16.5. The summed E-state index contributed by atoms with van der Waals surface area (Å²) in [4.78, 5) is 14.4. The first-order valence-electron chi connectivity index (χ1n) is 8.12. The molecule has 0 saturated carbocycles. The monoisotopic (exact) mass is 371 g/mol. The molecule has 1 aliphatic rings. The third kappa shape index (κ3) is 2.80. The third-order valence-corrected chi connectivity index (χ3v) is 5.62. The summed E-state index contributed by atoms with van der Waals surface area (Å²) >= 11 is 1.57. The number of benzene rings is 1. The lowest BCUT2D eigenvalue weighted by Gasteiger charge is -2.12. The van der Waals surface area contributed by atoms with Crippen molar-refractivity contribution < 1.29 is 14.3 Å². The molecule has 1 aliphatic carbocycles. The molecule has 3 aromatic rings. The quantitative estimate of drug-likeness (QED) is 0.741. The molecule has 0 unspecified atom stereocenters. The van der Waals surface area contributed by atoms with Crippen molar-refractivity contribution in [3.63, 3.8) is 0 Å². The Kier molecular flexibility index (Phi) is 4.29. The van der Waals surface area contributed by atoms with Gasteiger partial charge in [-0.15, -0.1) is 16.4 Å². The molecular formula is C17H17N5O3S. The summed E-state index contributed by atoms with van der Waals surface area (Å²) in [5.74, 6) is 0.994. The number of amides is 1. The van der Waals surface area contributed by atoms with Gasteiger partial charge in [-0.25, -0.2) is 0 Å². The Morgan fingerprint density at radius 2 is 2.15 bits per heavy atom. The van der Waals surface area contributed by atoms with Crippen LogP contribution in [0.1, 0.15) is 27.2 Å². The molecule has 1 aromatic carbocycles. The minimum atomic E-state index is -0.207. The van der Waals surface area contributed by atoms with Gasteiger partial charge in [-0.1, -0.05) is 0 Å². The molecule has 8 nitrogen and oxygen atoms in total. The van der Waals surface area contributed by atoms with Gasteiger partial charge in [-0.3, -0.25) is 4.79 Å². The first-order valence-corrected chi connectivity index (χ1v) is 8.94. The molecule has 9 heteroatoms.